The van der Waals surface area contributed by atoms with Crippen LogP contribution >= 0.6 is 0 Å². The molecule has 0 saturated carbocycles. The van der Waals surface area contributed by atoms with Gasteiger partial charge in [-0.1, -0.05) is 18.6 Å². The van der Waals surface area contributed by atoms with Crippen molar-refractivity contribution in [1.29, 1.82) is 0 Å². The minimum atomic E-state index is -0.261. The highest BCUT2D eigenvalue weighted by atomic mass is 19.1. The molecule has 0 fully saturated rings. The summed E-state index contributed by atoms with van der Waals surface area (Å²) in [5.41, 5.74) is 3.62. The van der Waals surface area contributed by atoms with Crippen LogP contribution in [0.1, 0.15) is 30.5 Å². The van der Waals surface area contributed by atoms with E-state index in [4.69, 9.17) is 0 Å². The molecule has 2 heterocycles. The van der Waals surface area contributed by atoms with Crippen molar-refractivity contribution in [3.8, 4) is 11.3 Å². The SMILES string of the molecule is Cc1cnn(CC(=O)N(C)CCCCCc2cc(-c3cccc(F)c3)n[nH]2)c1. The van der Waals surface area contributed by atoms with Crippen LogP contribution in [0.5, 0.6) is 0 Å². The first kappa shape index (κ1) is 19.8. The number of carbonyl (C=O) groups is 1. The van der Waals surface area contributed by atoms with Crippen molar-refractivity contribution in [3.05, 3.63) is 59.8 Å². The predicted molar refractivity (Wildman–Crippen MR) is 106 cm³/mol. The molecule has 0 spiro atoms. The summed E-state index contributed by atoms with van der Waals surface area (Å²) in [4.78, 5) is 14.0. The van der Waals surface area contributed by atoms with Gasteiger partial charge < -0.3 is 4.90 Å². The van der Waals surface area contributed by atoms with Gasteiger partial charge in [-0.3, -0.25) is 14.6 Å². The third-order valence-corrected chi connectivity index (χ3v) is 4.68. The lowest BCUT2D eigenvalue weighted by Gasteiger charge is -2.17. The Morgan fingerprint density at radius 1 is 1.25 bits per heavy atom. The van der Waals surface area contributed by atoms with Gasteiger partial charge in [0.25, 0.3) is 0 Å². The maximum atomic E-state index is 13.3. The summed E-state index contributed by atoms with van der Waals surface area (Å²) in [7, 11) is 1.83. The smallest absolute Gasteiger partial charge is 0.244 e. The molecule has 7 heteroatoms. The van der Waals surface area contributed by atoms with E-state index in [-0.39, 0.29) is 18.3 Å². The topological polar surface area (TPSA) is 66.8 Å². The summed E-state index contributed by atoms with van der Waals surface area (Å²) >= 11 is 0. The van der Waals surface area contributed by atoms with E-state index in [0.717, 1.165) is 54.7 Å². The van der Waals surface area contributed by atoms with E-state index < -0.39 is 0 Å². The molecule has 0 saturated heterocycles. The molecule has 6 nitrogen and oxygen atoms in total. The van der Waals surface area contributed by atoms with Gasteiger partial charge in [0.1, 0.15) is 12.4 Å². The van der Waals surface area contributed by atoms with Crippen molar-refractivity contribution in [2.75, 3.05) is 13.6 Å². The number of aromatic amines is 1. The number of amides is 1. The van der Waals surface area contributed by atoms with Crippen LogP contribution in [-0.2, 0) is 17.8 Å². The van der Waals surface area contributed by atoms with E-state index in [9.17, 15) is 9.18 Å². The number of H-pyrrole nitrogens is 1. The molecule has 28 heavy (non-hydrogen) atoms. The number of hydrogen-bond donors (Lipinski definition) is 1. The molecule has 3 aromatic rings. The van der Waals surface area contributed by atoms with E-state index in [0.29, 0.717) is 0 Å². The Morgan fingerprint density at radius 2 is 2.11 bits per heavy atom. The highest BCUT2D eigenvalue weighted by Gasteiger charge is 2.10. The molecule has 0 bridgehead atoms. The molecule has 148 valence electrons. The Bertz CT molecular complexity index is 917. The Hall–Kier alpha value is -2.96. The molecule has 0 aliphatic rings. The summed E-state index contributed by atoms with van der Waals surface area (Å²) in [6.07, 6.45) is 7.48. The lowest BCUT2D eigenvalue weighted by Crippen LogP contribution is -2.31. The number of halogens is 1. The maximum absolute atomic E-state index is 13.3. The zero-order chi connectivity index (χ0) is 19.9. The standard InChI is InChI=1S/C21H26FN5O/c1-16-13-23-27(14-16)15-21(28)26(2)10-5-3-4-9-19-12-20(25-24-19)17-7-6-8-18(22)11-17/h6-8,11-14H,3-5,9-10,15H2,1-2H3,(H,24,25). The molecule has 1 N–H and O–H groups in total. The van der Waals surface area contributed by atoms with Crippen molar-refractivity contribution in [2.45, 2.75) is 39.2 Å². The fraction of sp³-hybridized carbons (Fsp3) is 0.381. The first-order valence-electron chi connectivity index (χ1n) is 9.54. The molecular weight excluding hydrogens is 357 g/mol. The van der Waals surface area contributed by atoms with Gasteiger partial charge in [-0.15, -0.1) is 0 Å². The highest BCUT2D eigenvalue weighted by Crippen LogP contribution is 2.19. The number of likely N-dealkylation sites (N-methyl/N-ethyl adjacent to an activating group) is 1. The van der Waals surface area contributed by atoms with E-state index in [1.54, 1.807) is 21.8 Å². The quantitative estimate of drug-likeness (QED) is 0.574. The molecule has 0 unspecified atom stereocenters. The zero-order valence-electron chi connectivity index (χ0n) is 16.4. The summed E-state index contributed by atoms with van der Waals surface area (Å²) in [6.45, 7) is 2.97. The number of aromatic nitrogens is 4. The first-order valence-corrected chi connectivity index (χ1v) is 9.54. The Labute approximate surface area is 164 Å². The average molecular weight is 383 g/mol. The average Bonchev–Trinajstić information content (AvgIpc) is 3.30. The lowest BCUT2D eigenvalue weighted by molar-refractivity contribution is -0.130. The number of aryl methyl sites for hydroxylation is 2. The van der Waals surface area contributed by atoms with Crippen LogP contribution in [0.15, 0.2) is 42.7 Å². The fourth-order valence-corrected chi connectivity index (χ4v) is 3.06. The summed E-state index contributed by atoms with van der Waals surface area (Å²) in [5, 5.41) is 11.4. The number of rotatable bonds is 9. The van der Waals surface area contributed by atoms with Crippen LogP contribution in [0.4, 0.5) is 4.39 Å². The monoisotopic (exact) mass is 383 g/mol. The van der Waals surface area contributed by atoms with Crippen molar-refractivity contribution >= 4 is 5.91 Å². The largest absolute Gasteiger partial charge is 0.344 e. The third kappa shape index (κ3) is 5.52. The van der Waals surface area contributed by atoms with Crippen LogP contribution in [0.3, 0.4) is 0 Å². The van der Waals surface area contributed by atoms with Gasteiger partial charge in [0.2, 0.25) is 5.91 Å². The van der Waals surface area contributed by atoms with Crippen LogP contribution in [0.2, 0.25) is 0 Å². The summed E-state index contributed by atoms with van der Waals surface area (Å²) < 4.78 is 15.0. The summed E-state index contributed by atoms with van der Waals surface area (Å²) in [6, 6.07) is 8.41. The molecule has 1 aromatic carbocycles. The van der Waals surface area contributed by atoms with E-state index >= 15 is 0 Å². The Morgan fingerprint density at radius 3 is 2.86 bits per heavy atom. The first-order chi connectivity index (χ1) is 13.5. The molecule has 0 aliphatic heterocycles. The van der Waals surface area contributed by atoms with Crippen molar-refractivity contribution < 1.29 is 9.18 Å². The van der Waals surface area contributed by atoms with E-state index in [1.807, 2.05) is 32.3 Å². The van der Waals surface area contributed by atoms with Gasteiger partial charge in [0.05, 0.1) is 11.9 Å². The summed E-state index contributed by atoms with van der Waals surface area (Å²) in [5.74, 6) is -0.195. The molecule has 0 aliphatic carbocycles. The zero-order valence-corrected chi connectivity index (χ0v) is 16.4. The molecule has 0 radical (unpaired) electrons. The normalized spacial score (nSPS) is 11.0. The van der Waals surface area contributed by atoms with Crippen LogP contribution < -0.4 is 0 Å². The Kier molecular flexibility index (Phi) is 6.57. The van der Waals surface area contributed by atoms with Gasteiger partial charge >= 0.3 is 0 Å². The predicted octanol–water partition coefficient (Wildman–Crippen LogP) is 3.59. The molecule has 0 atom stereocenters. The number of hydrogen-bond acceptors (Lipinski definition) is 3. The number of nitrogens with one attached hydrogen (secondary N) is 1. The number of unbranched alkanes of at least 4 members (excludes halogenated alkanes) is 2. The van der Waals surface area contributed by atoms with Gasteiger partial charge in [-0.2, -0.15) is 10.2 Å². The molecule has 3 rings (SSSR count). The minimum Gasteiger partial charge on any atom is -0.344 e. The minimum absolute atomic E-state index is 0.0661. The number of carbonyl (C=O) groups excluding carboxylic acids is 1. The van der Waals surface area contributed by atoms with Gasteiger partial charge in [0, 0.05) is 31.0 Å². The second-order valence-electron chi connectivity index (χ2n) is 7.13. The lowest BCUT2D eigenvalue weighted by atomic mass is 10.1. The van der Waals surface area contributed by atoms with Crippen molar-refractivity contribution in [1.82, 2.24) is 24.9 Å². The maximum Gasteiger partial charge on any atom is 0.244 e. The fourth-order valence-electron chi connectivity index (χ4n) is 3.06. The van der Waals surface area contributed by atoms with Gasteiger partial charge in [-0.25, -0.2) is 4.39 Å². The van der Waals surface area contributed by atoms with Crippen LogP contribution in [-0.4, -0.2) is 44.4 Å². The van der Waals surface area contributed by atoms with Gasteiger partial charge in [-0.05, 0) is 49.9 Å². The molecule has 2 aromatic heterocycles. The highest BCUT2D eigenvalue weighted by molar-refractivity contribution is 5.75. The van der Waals surface area contributed by atoms with E-state index in [2.05, 4.69) is 15.3 Å². The van der Waals surface area contributed by atoms with Gasteiger partial charge in [0.15, 0.2) is 0 Å². The van der Waals surface area contributed by atoms with Crippen molar-refractivity contribution in [3.63, 3.8) is 0 Å². The second kappa shape index (κ2) is 9.30. The molecular formula is C21H26FN5O. The third-order valence-electron chi connectivity index (χ3n) is 4.68. The Balaban J connectivity index is 1.36. The number of nitrogens with zero attached hydrogens (tertiary/aromatic N) is 4. The van der Waals surface area contributed by atoms with E-state index in [1.165, 1.54) is 12.1 Å². The number of benzene rings is 1. The van der Waals surface area contributed by atoms with Crippen LogP contribution in [0.25, 0.3) is 11.3 Å². The second-order valence-corrected chi connectivity index (χ2v) is 7.13. The molecule has 1 amide bonds. The van der Waals surface area contributed by atoms with Crippen LogP contribution in [0, 0.1) is 12.7 Å². The van der Waals surface area contributed by atoms with Crippen molar-refractivity contribution in [2.24, 2.45) is 0 Å².